The normalized spacial score (nSPS) is 19.9. The Balaban J connectivity index is 2.09. The van der Waals surface area contributed by atoms with Crippen LogP contribution in [-0.2, 0) is 14.8 Å². The fourth-order valence-electron chi connectivity index (χ4n) is 1.82. The van der Waals surface area contributed by atoms with Gasteiger partial charge in [0.05, 0.1) is 17.5 Å². The highest BCUT2D eigenvalue weighted by Crippen LogP contribution is 2.28. The van der Waals surface area contributed by atoms with E-state index in [1.54, 1.807) is 6.07 Å². The van der Waals surface area contributed by atoms with Crippen molar-refractivity contribution in [2.45, 2.75) is 18.9 Å². The van der Waals surface area contributed by atoms with Gasteiger partial charge in [-0.05, 0) is 31.0 Å². The number of nitrogens with one attached hydrogen (secondary N) is 1. The first kappa shape index (κ1) is 13.6. The lowest BCUT2D eigenvalue weighted by Crippen LogP contribution is -2.25. The zero-order chi connectivity index (χ0) is 13.2. The fourth-order valence-corrected chi connectivity index (χ4v) is 3.52. The largest absolute Gasteiger partial charge is 0.506 e. The van der Waals surface area contributed by atoms with Gasteiger partial charge in [0.1, 0.15) is 5.75 Å². The molecule has 1 saturated heterocycles. The SMILES string of the molecule is O=S(=O)(CC1CCCO1)Nc1cc(Br)ccc1O. The van der Waals surface area contributed by atoms with E-state index in [9.17, 15) is 13.5 Å². The van der Waals surface area contributed by atoms with Crippen LogP contribution in [0.5, 0.6) is 5.75 Å². The first-order valence-corrected chi connectivity index (χ1v) is 8.01. The van der Waals surface area contributed by atoms with Crippen LogP contribution in [0.1, 0.15) is 12.8 Å². The molecule has 0 spiro atoms. The number of benzene rings is 1. The van der Waals surface area contributed by atoms with Gasteiger partial charge in [-0.2, -0.15) is 0 Å². The Hall–Kier alpha value is -0.790. The van der Waals surface area contributed by atoms with Crippen molar-refractivity contribution in [3.05, 3.63) is 22.7 Å². The fraction of sp³-hybridized carbons (Fsp3) is 0.455. The summed E-state index contributed by atoms with van der Waals surface area (Å²) >= 11 is 3.22. The number of phenols is 1. The zero-order valence-corrected chi connectivity index (χ0v) is 12.0. The molecule has 1 aromatic rings. The lowest BCUT2D eigenvalue weighted by molar-refractivity contribution is 0.127. The highest BCUT2D eigenvalue weighted by molar-refractivity contribution is 9.10. The molecule has 7 heteroatoms. The number of aromatic hydroxyl groups is 1. The van der Waals surface area contributed by atoms with Crippen molar-refractivity contribution in [3.8, 4) is 5.75 Å². The second-order valence-corrected chi connectivity index (χ2v) is 6.86. The lowest BCUT2D eigenvalue weighted by Gasteiger charge is -2.13. The zero-order valence-electron chi connectivity index (χ0n) is 9.60. The van der Waals surface area contributed by atoms with Gasteiger partial charge in [-0.3, -0.25) is 4.72 Å². The summed E-state index contributed by atoms with van der Waals surface area (Å²) in [5.41, 5.74) is 0.169. The minimum absolute atomic E-state index is 0.0844. The van der Waals surface area contributed by atoms with Crippen LogP contribution in [0.2, 0.25) is 0 Å². The predicted molar refractivity (Wildman–Crippen MR) is 72.2 cm³/mol. The molecule has 5 nitrogen and oxygen atoms in total. The molecular weight excluding hydrogens is 322 g/mol. The minimum Gasteiger partial charge on any atom is -0.506 e. The van der Waals surface area contributed by atoms with Gasteiger partial charge < -0.3 is 9.84 Å². The quantitative estimate of drug-likeness (QED) is 0.826. The molecule has 2 N–H and O–H groups in total. The highest BCUT2D eigenvalue weighted by atomic mass is 79.9. The third-order valence-corrected chi connectivity index (χ3v) is 4.49. The molecule has 1 unspecified atom stereocenters. The molecule has 0 aromatic heterocycles. The number of phenolic OH excluding ortho intramolecular Hbond substituents is 1. The van der Waals surface area contributed by atoms with Crippen molar-refractivity contribution in [1.29, 1.82) is 0 Å². The first-order chi connectivity index (χ1) is 8.46. The topological polar surface area (TPSA) is 75.6 Å². The average Bonchev–Trinajstić information content (AvgIpc) is 2.75. The van der Waals surface area contributed by atoms with Crippen LogP contribution in [0.3, 0.4) is 0 Å². The highest BCUT2D eigenvalue weighted by Gasteiger charge is 2.23. The van der Waals surface area contributed by atoms with Crippen molar-refractivity contribution in [2.75, 3.05) is 17.1 Å². The van der Waals surface area contributed by atoms with Gasteiger partial charge in [0.25, 0.3) is 0 Å². The standard InChI is InChI=1S/C11H14BrNO4S/c12-8-3-4-11(14)10(6-8)13-18(15,16)7-9-2-1-5-17-9/h3-4,6,9,13-14H,1-2,5,7H2. The molecule has 0 amide bonds. The van der Waals surface area contributed by atoms with E-state index in [1.165, 1.54) is 12.1 Å². The maximum atomic E-state index is 11.9. The average molecular weight is 336 g/mol. The Bertz CT molecular complexity index is 526. The van der Waals surface area contributed by atoms with Gasteiger partial charge in [-0.15, -0.1) is 0 Å². The van der Waals surface area contributed by atoms with E-state index in [2.05, 4.69) is 20.7 Å². The van der Waals surface area contributed by atoms with Crippen molar-refractivity contribution >= 4 is 31.6 Å². The number of hydrogen-bond acceptors (Lipinski definition) is 4. The van der Waals surface area contributed by atoms with Gasteiger partial charge in [0.2, 0.25) is 10.0 Å². The molecule has 1 aliphatic heterocycles. The Labute approximate surface area is 114 Å². The van der Waals surface area contributed by atoms with E-state index in [1.807, 2.05) is 0 Å². The second kappa shape index (κ2) is 5.46. The van der Waals surface area contributed by atoms with Crippen LogP contribution in [0.25, 0.3) is 0 Å². The number of hydrogen-bond donors (Lipinski definition) is 2. The van der Waals surface area contributed by atoms with Crippen LogP contribution < -0.4 is 4.72 Å². The Kier molecular flexibility index (Phi) is 4.14. The van der Waals surface area contributed by atoms with Crippen LogP contribution in [0, 0.1) is 0 Å². The van der Waals surface area contributed by atoms with Gasteiger partial charge in [0, 0.05) is 11.1 Å². The molecule has 0 saturated carbocycles. The lowest BCUT2D eigenvalue weighted by atomic mass is 10.3. The van der Waals surface area contributed by atoms with Crippen molar-refractivity contribution in [1.82, 2.24) is 0 Å². The molecular formula is C11H14BrNO4S. The summed E-state index contributed by atoms with van der Waals surface area (Å²) in [6.45, 7) is 0.613. The summed E-state index contributed by atoms with van der Waals surface area (Å²) in [6.07, 6.45) is 1.39. The van der Waals surface area contributed by atoms with E-state index >= 15 is 0 Å². The predicted octanol–water partition coefficient (Wildman–Crippen LogP) is 2.08. The van der Waals surface area contributed by atoms with Crippen LogP contribution >= 0.6 is 15.9 Å². The van der Waals surface area contributed by atoms with E-state index in [4.69, 9.17) is 4.74 Å². The smallest absolute Gasteiger partial charge is 0.235 e. The molecule has 1 heterocycles. The first-order valence-electron chi connectivity index (χ1n) is 5.57. The molecule has 1 aliphatic rings. The maximum Gasteiger partial charge on any atom is 0.235 e. The molecule has 1 atom stereocenters. The van der Waals surface area contributed by atoms with Gasteiger partial charge in [-0.1, -0.05) is 15.9 Å². The molecule has 0 radical (unpaired) electrons. The number of sulfonamides is 1. The van der Waals surface area contributed by atoms with Crippen LogP contribution in [-0.4, -0.2) is 32.0 Å². The second-order valence-electron chi connectivity index (χ2n) is 4.18. The Morgan fingerprint density at radius 2 is 2.28 bits per heavy atom. The maximum absolute atomic E-state index is 11.9. The van der Waals surface area contributed by atoms with E-state index in [0.29, 0.717) is 11.1 Å². The summed E-state index contributed by atoms with van der Waals surface area (Å²) in [5, 5.41) is 9.58. The Morgan fingerprint density at radius 3 is 2.94 bits per heavy atom. The van der Waals surface area contributed by atoms with Crippen molar-refractivity contribution in [2.24, 2.45) is 0 Å². The monoisotopic (exact) mass is 335 g/mol. The summed E-state index contributed by atoms with van der Waals surface area (Å²) < 4.78 is 32.1. The van der Waals surface area contributed by atoms with Crippen LogP contribution in [0.4, 0.5) is 5.69 Å². The molecule has 1 fully saturated rings. The van der Waals surface area contributed by atoms with E-state index < -0.39 is 10.0 Å². The van der Waals surface area contributed by atoms with Gasteiger partial charge in [0.15, 0.2) is 0 Å². The van der Waals surface area contributed by atoms with Crippen LogP contribution in [0.15, 0.2) is 22.7 Å². The van der Waals surface area contributed by atoms with Gasteiger partial charge >= 0.3 is 0 Å². The number of ether oxygens (including phenoxy) is 1. The number of rotatable bonds is 4. The minimum atomic E-state index is -3.51. The molecule has 100 valence electrons. The third kappa shape index (κ3) is 3.60. The number of anilines is 1. The third-order valence-electron chi connectivity index (χ3n) is 2.65. The van der Waals surface area contributed by atoms with Crippen molar-refractivity contribution < 1.29 is 18.3 Å². The summed E-state index contributed by atoms with van der Waals surface area (Å²) in [5.74, 6) is -0.187. The summed E-state index contributed by atoms with van der Waals surface area (Å²) in [4.78, 5) is 0. The molecule has 18 heavy (non-hydrogen) atoms. The Morgan fingerprint density at radius 1 is 1.50 bits per heavy atom. The number of halogens is 1. The van der Waals surface area contributed by atoms with E-state index in [0.717, 1.165) is 12.8 Å². The van der Waals surface area contributed by atoms with E-state index in [-0.39, 0.29) is 23.3 Å². The summed E-state index contributed by atoms with van der Waals surface area (Å²) in [7, 11) is -3.51. The summed E-state index contributed by atoms with van der Waals surface area (Å²) in [6, 6.07) is 4.57. The molecule has 1 aromatic carbocycles. The van der Waals surface area contributed by atoms with Gasteiger partial charge in [-0.25, -0.2) is 8.42 Å². The molecule has 0 aliphatic carbocycles. The molecule has 0 bridgehead atoms. The van der Waals surface area contributed by atoms with Crippen molar-refractivity contribution in [3.63, 3.8) is 0 Å². The molecule has 2 rings (SSSR count).